The van der Waals surface area contributed by atoms with Gasteiger partial charge in [-0.05, 0) is 42.5 Å². The number of hydrogen-bond donors (Lipinski definition) is 1. The molecule has 1 aliphatic rings. The second-order valence-corrected chi connectivity index (χ2v) is 6.40. The minimum atomic E-state index is 0.113. The summed E-state index contributed by atoms with van der Waals surface area (Å²) in [5, 5.41) is 1.19. The largest absolute Gasteiger partial charge is 0.327 e. The molecule has 0 radical (unpaired) electrons. The van der Waals surface area contributed by atoms with E-state index in [1.807, 2.05) is 24.3 Å². The van der Waals surface area contributed by atoms with E-state index in [1.54, 1.807) is 0 Å². The molecule has 0 amide bonds. The zero-order chi connectivity index (χ0) is 14.2. The van der Waals surface area contributed by atoms with Gasteiger partial charge < -0.3 is 5.73 Å². The van der Waals surface area contributed by atoms with Gasteiger partial charge in [0.1, 0.15) is 0 Å². The fourth-order valence-electron chi connectivity index (χ4n) is 2.89. The molecule has 0 saturated heterocycles. The molecule has 0 bridgehead atoms. The number of rotatable bonds is 4. The van der Waals surface area contributed by atoms with Crippen LogP contribution in [0.3, 0.4) is 0 Å². The van der Waals surface area contributed by atoms with E-state index in [4.69, 9.17) is 28.9 Å². The Morgan fingerprint density at radius 2 is 1.70 bits per heavy atom. The van der Waals surface area contributed by atoms with E-state index in [-0.39, 0.29) is 11.5 Å². The molecule has 0 heterocycles. The fraction of sp³-hybridized carbons (Fsp3) is 0.294. The minimum Gasteiger partial charge on any atom is -0.327 e. The highest BCUT2D eigenvalue weighted by molar-refractivity contribution is 6.42. The van der Waals surface area contributed by atoms with Gasteiger partial charge in [0.2, 0.25) is 0 Å². The highest BCUT2D eigenvalue weighted by Gasteiger charge is 2.48. The van der Waals surface area contributed by atoms with Crippen LogP contribution in [0.25, 0.3) is 0 Å². The average Bonchev–Trinajstić information content (AvgIpc) is 3.26. The topological polar surface area (TPSA) is 26.0 Å². The molecule has 1 atom stereocenters. The summed E-state index contributed by atoms with van der Waals surface area (Å²) < 4.78 is 0. The molecule has 0 aromatic heterocycles. The van der Waals surface area contributed by atoms with Crippen LogP contribution in [0, 0.1) is 0 Å². The number of hydrogen-bond acceptors (Lipinski definition) is 1. The maximum atomic E-state index is 6.49. The van der Waals surface area contributed by atoms with Crippen molar-refractivity contribution in [1.29, 1.82) is 0 Å². The van der Waals surface area contributed by atoms with Gasteiger partial charge in [0.15, 0.2) is 0 Å². The molecule has 2 aromatic carbocycles. The van der Waals surface area contributed by atoms with Crippen molar-refractivity contribution in [2.75, 3.05) is 0 Å². The predicted molar refractivity (Wildman–Crippen MR) is 85.5 cm³/mol. The Labute approximate surface area is 129 Å². The molecule has 1 unspecified atom stereocenters. The molecule has 1 fully saturated rings. The lowest BCUT2D eigenvalue weighted by molar-refractivity contribution is 0.514. The zero-order valence-corrected chi connectivity index (χ0v) is 12.7. The smallest absolute Gasteiger partial charge is 0.0595 e. The van der Waals surface area contributed by atoms with Gasteiger partial charge in [-0.1, -0.05) is 59.6 Å². The Morgan fingerprint density at radius 3 is 2.30 bits per heavy atom. The van der Waals surface area contributed by atoms with Crippen LogP contribution in [-0.2, 0) is 11.8 Å². The number of halogens is 2. The van der Waals surface area contributed by atoms with Crippen molar-refractivity contribution < 1.29 is 0 Å². The first kappa shape index (κ1) is 13.9. The highest BCUT2D eigenvalue weighted by atomic mass is 35.5. The van der Waals surface area contributed by atoms with Crippen LogP contribution in [0.4, 0.5) is 0 Å². The van der Waals surface area contributed by atoms with Gasteiger partial charge in [-0.25, -0.2) is 0 Å². The van der Waals surface area contributed by atoms with Gasteiger partial charge >= 0.3 is 0 Å². The molecule has 20 heavy (non-hydrogen) atoms. The van der Waals surface area contributed by atoms with Gasteiger partial charge in [0, 0.05) is 11.5 Å². The summed E-state index contributed by atoms with van der Waals surface area (Å²) in [5.41, 5.74) is 9.14. The van der Waals surface area contributed by atoms with Crippen LogP contribution in [0.1, 0.15) is 24.0 Å². The molecule has 2 N–H and O–H groups in total. The molecular formula is C17H17Cl2N. The molecule has 3 heteroatoms. The van der Waals surface area contributed by atoms with Gasteiger partial charge in [-0.3, -0.25) is 0 Å². The van der Waals surface area contributed by atoms with Crippen molar-refractivity contribution in [3.05, 3.63) is 69.7 Å². The van der Waals surface area contributed by atoms with Crippen molar-refractivity contribution in [3.8, 4) is 0 Å². The van der Waals surface area contributed by atoms with Crippen LogP contribution in [0.5, 0.6) is 0 Å². The lowest BCUT2D eigenvalue weighted by Gasteiger charge is -2.24. The SMILES string of the molecule is NC(Cc1ccc(Cl)c(Cl)c1)C1(c2ccccc2)CC1. The summed E-state index contributed by atoms with van der Waals surface area (Å²) in [4.78, 5) is 0. The first-order valence-corrected chi connectivity index (χ1v) is 7.62. The first-order valence-electron chi connectivity index (χ1n) is 6.87. The quantitative estimate of drug-likeness (QED) is 0.878. The molecule has 0 spiro atoms. The van der Waals surface area contributed by atoms with Crippen LogP contribution >= 0.6 is 23.2 Å². The van der Waals surface area contributed by atoms with Crippen LogP contribution in [0.15, 0.2) is 48.5 Å². The second kappa shape index (κ2) is 5.40. The monoisotopic (exact) mass is 305 g/mol. The lowest BCUT2D eigenvalue weighted by Crippen LogP contribution is -2.36. The fourth-order valence-corrected chi connectivity index (χ4v) is 3.21. The van der Waals surface area contributed by atoms with Gasteiger partial charge in [0.25, 0.3) is 0 Å². The first-order chi connectivity index (χ1) is 9.62. The summed E-state index contributed by atoms with van der Waals surface area (Å²) >= 11 is 12.0. The Bertz CT molecular complexity index is 606. The van der Waals surface area contributed by atoms with E-state index in [1.165, 1.54) is 18.4 Å². The maximum absolute atomic E-state index is 6.49. The van der Waals surface area contributed by atoms with Gasteiger partial charge in [0.05, 0.1) is 10.0 Å². The second-order valence-electron chi connectivity index (χ2n) is 5.58. The van der Waals surface area contributed by atoms with E-state index in [2.05, 4.69) is 24.3 Å². The third kappa shape index (κ3) is 2.58. The third-order valence-electron chi connectivity index (χ3n) is 4.29. The van der Waals surface area contributed by atoms with Crippen LogP contribution < -0.4 is 5.73 Å². The van der Waals surface area contributed by atoms with Crippen molar-refractivity contribution >= 4 is 23.2 Å². The summed E-state index contributed by atoms with van der Waals surface area (Å²) in [6.07, 6.45) is 3.16. The zero-order valence-electron chi connectivity index (χ0n) is 11.2. The van der Waals surface area contributed by atoms with E-state index in [0.717, 1.165) is 12.0 Å². The number of benzene rings is 2. The summed E-state index contributed by atoms with van der Waals surface area (Å²) in [5.74, 6) is 0. The molecule has 104 valence electrons. The maximum Gasteiger partial charge on any atom is 0.0595 e. The van der Waals surface area contributed by atoms with E-state index < -0.39 is 0 Å². The van der Waals surface area contributed by atoms with E-state index >= 15 is 0 Å². The predicted octanol–water partition coefficient (Wildman–Crippen LogP) is 4.60. The van der Waals surface area contributed by atoms with Crippen LogP contribution in [-0.4, -0.2) is 6.04 Å². The Balaban J connectivity index is 1.79. The normalized spacial score (nSPS) is 17.8. The molecular weight excluding hydrogens is 289 g/mol. The van der Waals surface area contributed by atoms with E-state index in [0.29, 0.717) is 10.0 Å². The Kier molecular flexibility index (Phi) is 3.76. The summed E-state index contributed by atoms with van der Waals surface area (Å²) in [6, 6.07) is 16.5. The highest BCUT2D eigenvalue weighted by Crippen LogP contribution is 2.51. The minimum absolute atomic E-state index is 0.113. The molecule has 1 aliphatic carbocycles. The number of nitrogens with two attached hydrogens (primary N) is 1. The summed E-state index contributed by atoms with van der Waals surface area (Å²) in [7, 11) is 0. The van der Waals surface area contributed by atoms with Crippen molar-refractivity contribution in [1.82, 2.24) is 0 Å². The Morgan fingerprint density at radius 1 is 1.00 bits per heavy atom. The van der Waals surface area contributed by atoms with Crippen LogP contribution in [0.2, 0.25) is 10.0 Å². The molecule has 1 saturated carbocycles. The molecule has 0 aliphatic heterocycles. The van der Waals surface area contributed by atoms with Gasteiger partial charge in [-0.2, -0.15) is 0 Å². The van der Waals surface area contributed by atoms with Crippen molar-refractivity contribution in [2.45, 2.75) is 30.7 Å². The molecule has 1 nitrogen and oxygen atoms in total. The third-order valence-corrected chi connectivity index (χ3v) is 5.03. The Hall–Kier alpha value is -1.02. The lowest BCUT2D eigenvalue weighted by atomic mass is 9.85. The molecule has 3 rings (SSSR count). The average molecular weight is 306 g/mol. The van der Waals surface area contributed by atoms with Gasteiger partial charge in [-0.15, -0.1) is 0 Å². The standard InChI is InChI=1S/C17H17Cl2N/c18-14-7-6-12(10-15(14)19)11-16(20)17(8-9-17)13-4-2-1-3-5-13/h1-7,10,16H,8-9,11,20H2. The summed E-state index contributed by atoms with van der Waals surface area (Å²) in [6.45, 7) is 0. The van der Waals surface area contributed by atoms with Crippen molar-refractivity contribution in [3.63, 3.8) is 0 Å². The molecule has 2 aromatic rings. The van der Waals surface area contributed by atoms with Crippen molar-refractivity contribution in [2.24, 2.45) is 5.73 Å². The van der Waals surface area contributed by atoms with E-state index in [9.17, 15) is 0 Å².